The molecule has 1 aliphatic heterocycles. The highest BCUT2D eigenvalue weighted by molar-refractivity contribution is 5.93. The highest BCUT2D eigenvalue weighted by Crippen LogP contribution is 2.38. The molecular formula is C18H18NO3-. The first-order chi connectivity index (χ1) is 10.6. The monoisotopic (exact) mass is 296 g/mol. The molecule has 1 fully saturated rings. The predicted octanol–water partition coefficient (Wildman–Crippen LogP) is 1.43. The summed E-state index contributed by atoms with van der Waals surface area (Å²) in [5.41, 5.74) is 3.92. The lowest BCUT2D eigenvalue weighted by Crippen LogP contribution is -2.50. The van der Waals surface area contributed by atoms with E-state index < -0.39 is 12.2 Å². The number of nitrogens with zero attached hydrogens (tertiary/aromatic N) is 1. The van der Waals surface area contributed by atoms with Gasteiger partial charge in [0.25, 0.3) is 0 Å². The number of amides is 1. The summed E-state index contributed by atoms with van der Waals surface area (Å²) in [6.07, 6.45) is 0.931. The maximum Gasteiger partial charge on any atom is 0.137 e. The minimum atomic E-state index is -1.20. The molecule has 0 aromatic heterocycles. The summed E-state index contributed by atoms with van der Waals surface area (Å²) in [5.74, 6) is -0.0134. The Labute approximate surface area is 129 Å². The Morgan fingerprint density at radius 2 is 1.95 bits per heavy atom. The van der Waals surface area contributed by atoms with Gasteiger partial charge < -0.3 is 19.9 Å². The van der Waals surface area contributed by atoms with Crippen molar-refractivity contribution in [1.29, 1.82) is 0 Å². The number of β-amino-alcohol motifs (C(OH)–C–C–N with tert-alkyl or cyclic N) is 1. The van der Waals surface area contributed by atoms with Crippen molar-refractivity contribution in [3.8, 4) is 0 Å². The van der Waals surface area contributed by atoms with Gasteiger partial charge in [-0.3, -0.25) is 0 Å². The fourth-order valence-corrected chi connectivity index (χ4v) is 4.05. The topological polar surface area (TPSA) is 63.6 Å². The van der Waals surface area contributed by atoms with Crippen molar-refractivity contribution in [2.24, 2.45) is 0 Å². The first-order valence-electron chi connectivity index (χ1n) is 7.82. The molecule has 4 heteroatoms. The number of carboxylic acid groups (broad SMARTS) is 1. The number of aliphatic hydroxyl groups is 1. The maximum absolute atomic E-state index is 11.0. The van der Waals surface area contributed by atoms with Gasteiger partial charge in [0.1, 0.15) is 6.09 Å². The van der Waals surface area contributed by atoms with Crippen LogP contribution >= 0.6 is 0 Å². The number of hydrogen-bond donors (Lipinski definition) is 1. The van der Waals surface area contributed by atoms with Gasteiger partial charge in [0, 0.05) is 19.0 Å². The summed E-state index contributed by atoms with van der Waals surface area (Å²) in [5, 5.41) is 23.9. The van der Waals surface area contributed by atoms with Crippen molar-refractivity contribution in [2.75, 3.05) is 13.1 Å². The minimum absolute atomic E-state index is 0.0134. The Kier molecular flexibility index (Phi) is 3.08. The second kappa shape index (κ2) is 4.99. The highest BCUT2D eigenvalue weighted by Gasteiger charge is 2.30. The van der Waals surface area contributed by atoms with Crippen LogP contribution < -0.4 is 5.11 Å². The highest BCUT2D eigenvalue weighted by atomic mass is 16.4. The molecule has 2 unspecified atom stereocenters. The van der Waals surface area contributed by atoms with Gasteiger partial charge in [0.2, 0.25) is 0 Å². The zero-order chi connectivity index (χ0) is 15.3. The SMILES string of the molecule is O=C([O-])N1CCC(c2ccc3c4c(cccc24)CC3)C(O)C1. The lowest BCUT2D eigenvalue weighted by molar-refractivity contribution is -0.268. The van der Waals surface area contributed by atoms with E-state index in [9.17, 15) is 15.0 Å². The molecule has 114 valence electrons. The minimum Gasteiger partial charge on any atom is -0.530 e. The third-order valence-corrected chi connectivity index (χ3v) is 5.15. The molecule has 0 radical (unpaired) electrons. The van der Waals surface area contributed by atoms with Crippen LogP contribution in [-0.4, -0.2) is 35.3 Å². The molecule has 0 saturated carbocycles. The van der Waals surface area contributed by atoms with E-state index in [1.807, 2.05) is 0 Å². The zero-order valence-corrected chi connectivity index (χ0v) is 12.3. The second-order valence-corrected chi connectivity index (χ2v) is 6.33. The summed E-state index contributed by atoms with van der Waals surface area (Å²) in [7, 11) is 0. The molecule has 4 rings (SSSR count). The van der Waals surface area contributed by atoms with Gasteiger partial charge in [0.15, 0.2) is 0 Å². The van der Waals surface area contributed by atoms with Crippen molar-refractivity contribution in [1.82, 2.24) is 4.90 Å². The van der Waals surface area contributed by atoms with Crippen LogP contribution in [0.5, 0.6) is 0 Å². The van der Waals surface area contributed by atoms with E-state index in [2.05, 4.69) is 30.3 Å². The zero-order valence-electron chi connectivity index (χ0n) is 12.3. The number of aryl methyl sites for hydroxylation is 2. The van der Waals surface area contributed by atoms with Crippen LogP contribution in [0.1, 0.15) is 29.0 Å². The Bertz CT molecular complexity index is 745. The van der Waals surface area contributed by atoms with Gasteiger partial charge >= 0.3 is 0 Å². The number of hydrogen-bond acceptors (Lipinski definition) is 3. The number of aliphatic hydroxyl groups excluding tert-OH is 1. The van der Waals surface area contributed by atoms with E-state index in [4.69, 9.17) is 0 Å². The van der Waals surface area contributed by atoms with Gasteiger partial charge in [-0.25, -0.2) is 0 Å². The lowest BCUT2D eigenvalue weighted by Gasteiger charge is -2.38. The van der Waals surface area contributed by atoms with Crippen molar-refractivity contribution < 1.29 is 15.0 Å². The Balaban J connectivity index is 1.75. The van der Waals surface area contributed by atoms with Gasteiger partial charge in [-0.1, -0.05) is 30.3 Å². The van der Waals surface area contributed by atoms with Gasteiger partial charge in [-0.05, 0) is 46.7 Å². The van der Waals surface area contributed by atoms with Crippen molar-refractivity contribution in [3.63, 3.8) is 0 Å². The van der Waals surface area contributed by atoms with Gasteiger partial charge in [0.05, 0.1) is 6.10 Å². The largest absolute Gasteiger partial charge is 0.530 e. The molecule has 0 bridgehead atoms. The molecule has 2 aromatic carbocycles. The average Bonchev–Trinajstić information content (AvgIpc) is 2.93. The van der Waals surface area contributed by atoms with Gasteiger partial charge in [-0.15, -0.1) is 0 Å². The van der Waals surface area contributed by atoms with Gasteiger partial charge in [-0.2, -0.15) is 0 Å². The molecule has 2 aromatic rings. The molecule has 2 atom stereocenters. The normalized spacial score (nSPS) is 24.0. The van der Waals surface area contributed by atoms with Crippen molar-refractivity contribution >= 4 is 16.9 Å². The molecule has 2 aliphatic rings. The fourth-order valence-electron chi connectivity index (χ4n) is 4.05. The summed E-state index contributed by atoms with van der Waals surface area (Å²) < 4.78 is 0. The molecule has 1 aliphatic carbocycles. The molecule has 0 spiro atoms. The van der Waals surface area contributed by atoms with E-state index in [0.29, 0.717) is 13.0 Å². The number of carbonyl (C=O) groups is 1. The first-order valence-corrected chi connectivity index (χ1v) is 7.82. The summed E-state index contributed by atoms with van der Waals surface area (Å²) in [6, 6.07) is 10.7. The van der Waals surface area contributed by atoms with Crippen LogP contribution in [0.15, 0.2) is 30.3 Å². The van der Waals surface area contributed by atoms with Crippen LogP contribution in [0.25, 0.3) is 10.8 Å². The Morgan fingerprint density at radius 1 is 1.18 bits per heavy atom. The fraction of sp³-hybridized carbons (Fsp3) is 0.389. The first kappa shape index (κ1) is 13.6. The molecule has 4 nitrogen and oxygen atoms in total. The van der Waals surface area contributed by atoms with Crippen molar-refractivity contribution in [3.05, 3.63) is 47.0 Å². The molecule has 1 saturated heterocycles. The third-order valence-electron chi connectivity index (χ3n) is 5.15. The van der Waals surface area contributed by atoms with Crippen LogP contribution in [0.2, 0.25) is 0 Å². The molecule has 1 heterocycles. The summed E-state index contributed by atoms with van der Waals surface area (Å²) in [4.78, 5) is 12.2. The van der Waals surface area contributed by atoms with Crippen LogP contribution in [0.4, 0.5) is 4.79 Å². The number of rotatable bonds is 1. The number of benzene rings is 2. The van der Waals surface area contributed by atoms with E-state index in [1.165, 1.54) is 26.8 Å². The maximum atomic E-state index is 11.0. The van der Waals surface area contributed by atoms with E-state index in [-0.39, 0.29) is 12.5 Å². The Morgan fingerprint density at radius 3 is 2.68 bits per heavy atom. The number of likely N-dealkylation sites (tertiary alicyclic amines) is 1. The molecule has 22 heavy (non-hydrogen) atoms. The van der Waals surface area contributed by atoms with Crippen LogP contribution in [0.3, 0.4) is 0 Å². The smallest absolute Gasteiger partial charge is 0.137 e. The quantitative estimate of drug-likeness (QED) is 0.866. The van der Waals surface area contributed by atoms with Crippen LogP contribution in [0, 0.1) is 0 Å². The van der Waals surface area contributed by atoms with Crippen molar-refractivity contribution in [2.45, 2.75) is 31.3 Å². The standard InChI is InChI=1S/C18H19NO3/c20-16-10-19(18(21)22)9-8-14(16)13-7-6-12-5-4-11-2-1-3-15(13)17(11)12/h1-3,6-7,14,16,20H,4-5,8-10H2,(H,21,22)/p-1. The van der Waals surface area contributed by atoms with E-state index in [0.717, 1.165) is 18.4 Å². The predicted molar refractivity (Wildman–Crippen MR) is 81.7 cm³/mol. The summed E-state index contributed by atoms with van der Waals surface area (Å²) in [6.45, 7) is 0.558. The molecule has 1 N–H and O–H groups in total. The molecule has 1 amide bonds. The second-order valence-electron chi connectivity index (χ2n) is 6.33. The Hall–Kier alpha value is -2.07. The molecular weight excluding hydrogens is 278 g/mol. The van der Waals surface area contributed by atoms with E-state index in [1.54, 1.807) is 0 Å². The van der Waals surface area contributed by atoms with Crippen LogP contribution in [-0.2, 0) is 12.8 Å². The average molecular weight is 296 g/mol. The number of piperidine rings is 1. The number of carbonyl (C=O) groups excluding carboxylic acids is 1. The summed E-state index contributed by atoms with van der Waals surface area (Å²) >= 11 is 0. The van der Waals surface area contributed by atoms with E-state index >= 15 is 0 Å². The lowest BCUT2D eigenvalue weighted by atomic mass is 9.83. The third kappa shape index (κ3) is 1.98.